The lowest BCUT2D eigenvalue weighted by Crippen LogP contribution is -2.47. The number of benzene rings is 2. The quantitative estimate of drug-likeness (QED) is 0.795. The Morgan fingerprint density at radius 2 is 1.93 bits per heavy atom. The summed E-state index contributed by atoms with van der Waals surface area (Å²) in [6.45, 7) is 1.54. The van der Waals surface area contributed by atoms with Gasteiger partial charge in [0, 0.05) is 31.2 Å². The average Bonchev–Trinajstić information content (AvgIpc) is 2.72. The molecule has 0 saturated carbocycles. The summed E-state index contributed by atoms with van der Waals surface area (Å²) in [5.41, 5.74) is 1.27. The molecule has 0 spiro atoms. The van der Waals surface area contributed by atoms with E-state index in [1.54, 1.807) is 17.0 Å². The Morgan fingerprint density at radius 1 is 1.15 bits per heavy atom. The van der Waals surface area contributed by atoms with E-state index in [1.807, 2.05) is 37.4 Å². The molecule has 1 fully saturated rings. The van der Waals surface area contributed by atoms with Crippen molar-refractivity contribution in [3.8, 4) is 0 Å². The molecule has 1 amide bonds. The number of amides is 1. The van der Waals surface area contributed by atoms with Gasteiger partial charge >= 0.3 is 0 Å². The summed E-state index contributed by atoms with van der Waals surface area (Å²) < 4.78 is 27.8. The highest BCUT2D eigenvalue weighted by Crippen LogP contribution is 2.17. The fourth-order valence-electron chi connectivity index (χ4n) is 3.23. The first-order valence-corrected chi connectivity index (χ1v) is 10.6. The summed E-state index contributed by atoms with van der Waals surface area (Å²) >= 11 is 0. The van der Waals surface area contributed by atoms with Crippen molar-refractivity contribution in [3.63, 3.8) is 0 Å². The second-order valence-corrected chi connectivity index (χ2v) is 8.48. The second-order valence-electron chi connectivity index (χ2n) is 6.72. The molecule has 1 aliphatic heterocycles. The first-order chi connectivity index (χ1) is 13.0. The van der Waals surface area contributed by atoms with Crippen LogP contribution in [0.4, 0.5) is 0 Å². The summed E-state index contributed by atoms with van der Waals surface area (Å²) in [5.74, 6) is -0.130. The number of nitrogens with one attached hydrogen (secondary N) is 2. The van der Waals surface area contributed by atoms with E-state index in [1.165, 1.54) is 12.1 Å². The van der Waals surface area contributed by atoms with E-state index >= 15 is 0 Å². The van der Waals surface area contributed by atoms with E-state index in [4.69, 9.17) is 0 Å². The van der Waals surface area contributed by atoms with E-state index in [-0.39, 0.29) is 23.4 Å². The zero-order valence-corrected chi connectivity index (χ0v) is 16.2. The van der Waals surface area contributed by atoms with E-state index in [0.717, 1.165) is 18.4 Å². The molecule has 0 bridgehead atoms. The van der Waals surface area contributed by atoms with Crippen LogP contribution in [0.25, 0.3) is 0 Å². The van der Waals surface area contributed by atoms with Gasteiger partial charge in [-0.15, -0.1) is 0 Å². The van der Waals surface area contributed by atoms with Crippen LogP contribution in [0.2, 0.25) is 0 Å². The summed E-state index contributed by atoms with van der Waals surface area (Å²) in [5, 5.41) is 3.21. The maximum atomic E-state index is 12.8. The predicted octanol–water partition coefficient (Wildman–Crippen LogP) is 1.99. The van der Waals surface area contributed by atoms with Crippen LogP contribution in [0.5, 0.6) is 0 Å². The molecule has 1 atom stereocenters. The molecule has 6 nitrogen and oxygen atoms in total. The second kappa shape index (κ2) is 8.65. The summed E-state index contributed by atoms with van der Waals surface area (Å²) in [6, 6.07) is 15.9. The molecule has 1 saturated heterocycles. The minimum atomic E-state index is -3.69. The Hall–Kier alpha value is -2.22. The molecular weight excluding hydrogens is 362 g/mol. The molecule has 0 radical (unpaired) electrons. The van der Waals surface area contributed by atoms with Crippen LogP contribution < -0.4 is 10.0 Å². The standard InChI is InChI=1S/C20H25N3O3S/c1-21-18-10-6-12-23(15-18)20(24)17-9-5-11-19(13-17)27(25,26)22-14-16-7-3-2-4-8-16/h2-5,7-9,11,13,18,21-22H,6,10,12,14-15H2,1H3. The van der Waals surface area contributed by atoms with Gasteiger partial charge in [0.05, 0.1) is 4.90 Å². The van der Waals surface area contributed by atoms with Crippen molar-refractivity contribution in [3.05, 3.63) is 65.7 Å². The van der Waals surface area contributed by atoms with Crippen molar-refractivity contribution in [2.75, 3.05) is 20.1 Å². The predicted molar refractivity (Wildman–Crippen MR) is 105 cm³/mol. The SMILES string of the molecule is CNC1CCCN(C(=O)c2cccc(S(=O)(=O)NCc3ccccc3)c2)C1. The lowest BCUT2D eigenvalue weighted by molar-refractivity contribution is 0.0698. The van der Waals surface area contributed by atoms with E-state index < -0.39 is 10.0 Å². The number of hydrogen-bond acceptors (Lipinski definition) is 4. The Labute approximate surface area is 160 Å². The summed E-state index contributed by atoms with van der Waals surface area (Å²) in [7, 11) is -1.80. The van der Waals surface area contributed by atoms with Crippen molar-refractivity contribution < 1.29 is 13.2 Å². The molecule has 2 aromatic rings. The van der Waals surface area contributed by atoms with Gasteiger partial charge in [-0.1, -0.05) is 36.4 Å². The molecule has 2 aromatic carbocycles. The largest absolute Gasteiger partial charge is 0.337 e. The normalized spacial score (nSPS) is 17.7. The lowest BCUT2D eigenvalue weighted by Gasteiger charge is -2.32. The molecule has 1 aliphatic rings. The van der Waals surface area contributed by atoms with Crippen molar-refractivity contribution in [2.45, 2.75) is 30.3 Å². The van der Waals surface area contributed by atoms with Gasteiger partial charge in [0.2, 0.25) is 10.0 Å². The zero-order valence-electron chi connectivity index (χ0n) is 15.4. The van der Waals surface area contributed by atoms with Gasteiger partial charge in [-0.2, -0.15) is 0 Å². The van der Waals surface area contributed by atoms with Crippen LogP contribution in [0.1, 0.15) is 28.8 Å². The highest BCUT2D eigenvalue weighted by Gasteiger charge is 2.24. The minimum absolute atomic E-state index is 0.103. The van der Waals surface area contributed by atoms with Gasteiger partial charge in [-0.3, -0.25) is 4.79 Å². The third-order valence-electron chi connectivity index (χ3n) is 4.82. The van der Waals surface area contributed by atoms with Gasteiger partial charge in [-0.25, -0.2) is 13.1 Å². The highest BCUT2D eigenvalue weighted by atomic mass is 32.2. The molecule has 1 heterocycles. The molecule has 0 aliphatic carbocycles. The number of piperidine rings is 1. The van der Waals surface area contributed by atoms with Crippen LogP contribution in [0.15, 0.2) is 59.5 Å². The Balaban J connectivity index is 1.73. The fourth-order valence-corrected chi connectivity index (χ4v) is 4.30. The van der Waals surface area contributed by atoms with Crippen LogP contribution in [0, 0.1) is 0 Å². The number of likely N-dealkylation sites (N-methyl/N-ethyl adjacent to an activating group) is 1. The van der Waals surface area contributed by atoms with Crippen LogP contribution >= 0.6 is 0 Å². The van der Waals surface area contributed by atoms with Crippen LogP contribution in [-0.2, 0) is 16.6 Å². The molecule has 3 rings (SSSR count). The number of likely N-dealkylation sites (tertiary alicyclic amines) is 1. The third kappa shape index (κ3) is 4.94. The molecular formula is C20H25N3O3S. The fraction of sp³-hybridized carbons (Fsp3) is 0.350. The maximum Gasteiger partial charge on any atom is 0.253 e. The van der Waals surface area contributed by atoms with Crippen LogP contribution in [0.3, 0.4) is 0 Å². The lowest BCUT2D eigenvalue weighted by atomic mass is 10.0. The van der Waals surface area contributed by atoms with E-state index in [2.05, 4.69) is 10.0 Å². The van der Waals surface area contributed by atoms with Crippen molar-refractivity contribution in [2.24, 2.45) is 0 Å². The Bertz CT molecular complexity index is 884. The first kappa shape index (κ1) is 19.5. The smallest absolute Gasteiger partial charge is 0.253 e. The summed E-state index contributed by atoms with van der Waals surface area (Å²) in [4.78, 5) is 14.7. The van der Waals surface area contributed by atoms with Gasteiger partial charge in [0.25, 0.3) is 5.91 Å². The number of nitrogens with zero attached hydrogens (tertiary/aromatic N) is 1. The monoisotopic (exact) mass is 387 g/mol. The van der Waals surface area contributed by atoms with Crippen molar-refractivity contribution >= 4 is 15.9 Å². The molecule has 2 N–H and O–H groups in total. The Kier molecular flexibility index (Phi) is 6.26. The molecule has 0 aromatic heterocycles. The van der Waals surface area contributed by atoms with Gasteiger partial charge < -0.3 is 10.2 Å². The third-order valence-corrected chi connectivity index (χ3v) is 6.22. The molecule has 27 heavy (non-hydrogen) atoms. The number of rotatable bonds is 6. The van der Waals surface area contributed by atoms with Gasteiger partial charge in [-0.05, 0) is 43.7 Å². The average molecular weight is 388 g/mol. The molecule has 7 heteroatoms. The molecule has 144 valence electrons. The van der Waals surface area contributed by atoms with E-state index in [0.29, 0.717) is 18.7 Å². The first-order valence-electron chi connectivity index (χ1n) is 9.10. The topological polar surface area (TPSA) is 78.5 Å². The number of carbonyl (C=O) groups is 1. The number of hydrogen-bond donors (Lipinski definition) is 2. The van der Waals surface area contributed by atoms with Gasteiger partial charge in [0.15, 0.2) is 0 Å². The maximum absolute atomic E-state index is 12.8. The minimum Gasteiger partial charge on any atom is -0.337 e. The number of carbonyl (C=O) groups excluding carboxylic acids is 1. The summed E-state index contributed by atoms with van der Waals surface area (Å²) in [6.07, 6.45) is 1.98. The number of sulfonamides is 1. The van der Waals surface area contributed by atoms with Gasteiger partial charge in [0.1, 0.15) is 0 Å². The van der Waals surface area contributed by atoms with Crippen molar-refractivity contribution in [1.82, 2.24) is 14.9 Å². The van der Waals surface area contributed by atoms with Crippen molar-refractivity contribution in [1.29, 1.82) is 0 Å². The highest BCUT2D eigenvalue weighted by molar-refractivity contribution is 7.89. The zero-order chi connectivity index (χ0) is 19.3. The van der Waals surface area contributed by atoms with E-state index in [9.17, 15) is 13.2 Å². The van der Waals surface area contributed by atoms with Crippen LogP contribution in [-0.4, -0.2) is 45.4 Å². The molecule has 1 unspecified atom stereocenters. The Morgan fingerprint density at radius 3 is 2.67 bits per heavy atom.